The molecule has 0 heterocycles. The Labute approximate surface area is 96.3 Å². The maximum atomic E-state index is 9.89. The number of carboxylic acid groups (broad SMARTS) is 1. The van der Waals surface area contributed by atoms with Crippen molar-refractivity contribution in [2.75, 3.05) is 0 Å². The Kier molecular flexibility index (Phi) is 13.7. The molecule has 2 nitrogen and oxygen atoms in total. The van der Waals surface area contributed by atoms with Crippen LogP contribution in [0.15, 0.2) is 12.2 Å². The summed E-state index contributed by atoms with van der Waals surface area (Å²) in [4.78, 5) is 9.89. The van der Waals surface area contributed by atoms with E-state index in [9.17, 15) is 9.90 Å². The van der Waals surface area contributed by atoms with Crippen LogP contribution in [0.4, 0.5) is 0 Å². The van der Waals surface area contributed by atoms with E-state index >= 15 is 0 Å². The van der Waals surface area contributed by atoms with Gasteiger partial charge in [0.15, 0.2) is 0 Å². The second-order valence-corrected chi connectivity index (χ2v) is 2.57. The zero-order chi connectivity index (χ0) is 8.53. The van der Waals surface area contributed by atoms with Crippen LogP contribution in [0.5, 0.6) is 0 Å². The van der Waals surface area contributed by atoms with Gasteiger partial charge in [-0.3, -0.25) is 0 Å². The van der Waals surface area contributed by atoms with E-state index in [1.165, 1.54) is 19.3 Å². The molecule has 0 aromatic rings. The molecule has 0 atom stereocenters. The topological polar surface area (TPSA) is 40.1 Å². The molecule has 0 spiro atoms. The summed E-state index contributed by atoms with van der Waals surface area (Å²) < 4.78 is 0. The molecule has 64 valence electrons. The standard InChI is InChI=1S/C9H16O2.Na/c1-2-3-4-5-6-7-8-9(10)11;/h7-8H,2-6H2,1H3,(H,10,11);/q;+1/p-1. The normalized spacial score (nSPS) is 9.75. The van der Waals surface area contributed by atoms with Gasteiger partial charge in [0.05, 0.1) is 5.97 Å². The molecule has 0 fully saturated rings. The van der Waals surface area contributed by atoms with Gasteiger partial charge in [-0.1, -0.05) is 32.3 Å². The molecule has 0 aliphatic heterocycles. The molecule has 0 saturated heterocycles. The average Bonchev–Trinajstić information content (AvgIpc) is 1.96. The van der Waals surface area contributed by atoms with E-state index in [0.29, 0.717) is 0 Å². The minimum Gasteiger partial charge on any atom is -0.545 e. The first kappa shape index (κ1) is 14.7. The molecular weight excluding hydrogens is 163 g/mol. The van der Waals surface area contributed by atoms with Crippen LogP contribution in [-0.2, 0) is 4.79 Å². The second kappa shape index (κ2) is 11.2. The van der Waals surface area contributed by atoms with Crippen molar-refractivity contribution < 1.29 is 39.5 Å². The maximum absolute atomic E-state index is 9.89. The number of carboxylic acids is 1. The van der Waals surface area contributed by atoms with Crippen molar-refractivity contribution in [2.45, 2.75) is 39.0 Å². The quantitative estimate of drug-likeness (QED) is 0.275. The summed E-state index contributed by atoms with van der Waals surface area (Å²) in [5, 5.41) is 9.89. The number of hydrogen-bond acceptors (Lipinski definition) is 2. The summed E-state index contributed by atoms with van der Waals surface area (Å²) in [6.45, 7) is 2.15. The summed E-state index contributed by atoms with van der Waals surface area (Å²) in [5.74, 6) is -1.10. The molecule has 0 aliphatic carbocycles. The van der Waals surface area contributed by atoms with Crippen LogP contribution in [0.2, 0.25) is 0 Å². The monoisotopic (exact) mass is 178 g/mol. The Morgan fingerprint density at radius 1 is 1.33 bits per heavy atom. The van der Waals surface area contributed by atoms with E-state index in [0.717, 1.165) is 18.9 Å². The van der Waals surface area contributed by atoms with E-state index < -0.39 is 5.97 Å². The number of rotatable bonds is 6. The average molecular weight is 178 g/mol. The molecule has 0 aromatic heterocycles. The summed E-state index contributed by atoms with van der Waals surface area (Å²) in [6, 6.07) is 0. The molecule has 12 heavy (non-hydrogen) atoms. The molecule has 0 aromatic carbocycles. The molecule has 0 aliphatic rings. The molecular formula is C9H15NaO2. The van der Waals surface area contributed by atoms with Crippen LogP contribution in [0.25, 0.3) is 0 Å². The van der Waals surface area contributed by atoms with Crippen molar-refractivity contribution >= 4 is 5.97 Å². The maximum Gasteiger partial charge on any atom is 1.00 e. The molecule has 0 rings (SSSR count). The Balaban J connectivity index is 0. The van der Waals surface area contributed by atoms with Crippen LogP contribution in [0.1, 0.15) is 39.0 Å². The number of carbonyl (C=O) groups is 1. The number of carbonyl (C=O) groups excluding carboxylic acids is 1. The summed E-state index contributed by atoms with van der Waals surface area (Å²) in [5.41, 5.74) is 0. The summed E-state index contributed by atoms with van der Waals surface area (Å²) >= 11 is 0. The Bertz CT molecular complexity index is 132. The first-order chi connectivity index (χ1) is 5.27. The molecule has 0 unspecified atom stereocenters. The zero-order valence-corrected chi connectivity index (χ0v) is 10.0. The summed E-state index contributed by atoms with van der Waals surface area (Å²) in [7, 11) is 0. The van der Waals surface area contributed by atoms with Gasteiger partial charge in [-0.05, 0) is 18.9 Å². The second-order valence-electron chi connectivity index (χ2n) is 2.57. The van der Waals surface area contributed by atoms with Gasteiger partial charge in [0.2, 0.25) is 0 Å². The Morgan fingerprint density at radius 3 is 2.50 bits per heavy atom. The predicted molar refractivity (Wildman–Crippen MR) is 42.9 cm³/mol. The molecule has 0 amide bonds. The molecule has 0 radical (unpaired) electrons. The van der Waals surface area contributed by atoms with Gasteiger partial charge in [0.1, 0.15) is 0 Å². The van der Waals surface area contributed by atoms with Gasteiger partial charge in [-0.2, -0.15) is 0 Å². The van der Waals surface area contributed by atoms with Gasteiger partial charge in [0, 0.05) is 0 Å². The first-order valence-corrected chi connectivity index (χ1v) is 4.15. The number of aliphatic carboxylic acids is 1. The van der Waals surface area contributed by atoms with Crippen molar-refractivity contribution in [1.29, 1.82) is 0 Å². The van der Waals surface area contributed by atoms with Gasteiger partial charge in [-0.15, -0.1) is 0 Å². The van der Waals surface area contributed by atoms with Gasteiger partial charge in [0.25, 0.3) is 0 Å². The fourth-order valence-corrected chi connectivity index (χ4v) is 0.869. The third kappa shape index (κ3) is 12.8. The predicted octanol–water partition coefficient (Wildman–Crippen LogP) is -1.73. The fraction of sp³-hybridized carbons (Fsp3) is 0.667. The van der Waals surface area contributed by atoms with Crippen molar-refractivity contribution in [3.63, 3.8) is 0 Å². The van der Waals surface area contributed by atoms with Crippen LogP contribution in [0.3, 0.4) is 0 Å². The zero-order valence-electron chi connectivity index (χ0n) is 8.01. The molecule has 3 heteroatoms. The SMILES string of the molecule is CCCCCCC=CC(=O)[O-].[Na+]. The fourth-order valence-electron chi connectivity index (χ4n) is 0.869. The number of hydrogen-bond donors (Lipinski definition) is 0. The molecule has 0 saturated carbocycles. The molecule has 0 bridgehead atoms. The minimum atomic E-state index is -1.10. The van der Waals surface area contributed by atoms with Crippen molar-refractivity contribution in [3.8, 4) is 0 Å². The first-order valence-electron chi connectivity index (χ1n) is 4.15. The minimum absolute atomic E-state index is 0. The third-order valence-corrected chi connectivity index (χ3v) is 1.48. The van der Waals surface area contributed by atoms with E-state index in [2.05, 4.69) is 6.92 Å². The Hall–Kier alpha value is 0.210. The molecule has 0 N–H and O–H groups in total. The van der Waals surface area contributed by atoms with E-state index in [-0.39, 0.29) is 29.6 Å². The van der Waals surface area contributed by atoms with Crippen LogP contribution in [-0.4, -0.2) is 5.97 Å². The van der Waals surface area contributed by atoms with Crippen molar-refractivity contribution in [1.82, 2.24) is 0 Å². The van der Waals surface area contributed by atoms with E-state index in [1.54, 1.807) is 6.08 Å². The van der Waals surface area contributed by atoms with E-state index in [1.807, 2.05) is 0 Å². The van der Waals surface area contributed by atoms with Gasteiger partial charge >= 0.3 is 29.6 Å². The largest absolute Gasteiger partial charge is 1.00 e. The van der Waals surface area contributed by atoms with Crippen LogP contribution >= 0.6 is 0 Å². The van der Waals surface area contributed by atoms with Crippen LogP contribution < -0.4 is 34.7 Å². The Morgan fingerprint density at radius 2 is 2.00 bits per heavy atom. The van der Waals surface area contributed by atoms with Crippen molar-refractivity contribution in [3.05, 3.63) is 12.2 Å². The van der Waals surface area contributed by atoms with Crippen molar-refractivity contribution in [2.24, 2.45) is 0 Å². The smallest absolute Gasteiger partial charge is 0.545 e. The van der Waals surface area contributed by atoms with Gasteiger partial charge < -0.3 is 9.90 Å². The van der Waals surface area contributed by atoms with E-state index in [4.69, 9.17) is 0 Å². The summed E-state index contributed by atoms with van der Waals surface area (Å²) in [6.07, 6.45) is 8.33. The van der Waals surface area contributed by atoms with Gasteiger partial charge in [-0.25, -0.2) is 0 Å². The number of unbranched alkanes of at least 4 members (excludes halogenated alkanes) is 4. The third-order valence-electron chi connectivity index (χ3n) is 1.48. The number of allylic oxidation sites excluding steroid dienone is 1. The van der Waals surface area contributed by atoms with Crippen LogP contribution in [0, 0.1) is 0 Å².